The number of carbonyl (C=O) groups is 4. The molecule has 0 bridgehead atoms. The van der Waals surface area contributed by atoms with Crippen LogP contribution in [0.5, 0.6) is 5.75 Å². The normalized spacial score (nSPS) is 29.8. The van der Waals surface area contributed by atoms with Crippen LogP contribution in [0, 0.1) is 29.1 Å². The second kappa shape index (κ2) is 9.91. The van der Waals surface area contributed by atoms with Crippen molar-refractivity contribution in [1.29, 1.82) is 0 Å². The molecule has 3 fully saturated rings. The van der Waals surface area contributed by atoms with Crippen molar-refractivity contribution in [2.75, 3.05) is 9.80 Å². The zero-order valence-corrected chi connectivity index (χ0v) is 24.6. The molecular weight excluding hydrogens is 564 g/mol. The molecule has 0 spiro atoms. The lowest BCUT2D eigenvalue weighted by molar-refractivity contribution is -0.131. The first-order valence-corrected chi connectivity index (χ1v) is 15.1. The molecule has 7 nitrogen and oxygen atoms in total. The third kappa shape index (κ3) is 3.87. The number of rotatable bonds is 4. The standard InChI is InChI=1S/C35H31ClN2O5/c1-3-19-9-11-21(12-10-19)37-31(40)25-16-15-23-26(29(25)33(37)42)18-27-32(41)38(20-7-5-4-6-8-20)34(43)35(27,2)30(23)24-14-13-22(39)17-28(24)36/h4-15,17,25-27,29-30,39H,3,16,18H2,1-2H3. The average Bonchev–Trinajstić information content (AvgIpc) is 3.37. The van der Waals surface area contributed by atoms with E-state index in [-0.39, 0.29) is 40.8 Å². The average molecular weight is 595 g/mol. The Labute approximate surface area is 254 Å². The first-order valence-electron chi connectivity index (χ1n) is 14.7. The van der Waals surface area contributed by atoms with E-state index in [0.717, 1.165) is 17.6 Å². The summed E-state index contributed by atoms with van der Waals surface area (Å²) in [4.78, 5) is 59.1. The lowest BCUT2D eigenvalue weighted by atomic mass is 9.51. The molecule has 6 atom stereocenters. The largest absolute Gasteiger partial charge is 0.508 e. The summed E-state index contributed by atoms with van der Waals surface area (Å²) in [6.07, 6.45) is 3.46. The Balaban J connectivity index is 1.36. The Kier molecular flexibility index (Phi) is 6.36. The van der Waals surface area contributed by atoms with Crippen LogP contribution in [0.2, 0.25) is 5.02 Å². The Morgan fingerprint density at radius 1 is 0.860 bits per heavy atom. The monoisotopic (exact) mass is 594 g/mol. The van der Waals surface area contributed by atoms with E-state index in [4.69, 9.17) is 11.6 Å². The number of phenolic OH excluding ortho intramolecular Hbond substituents is 1. The summed E-state index contributed by atoms with van der Waals surface area (Å²) in [5.41, 5.74) is 2.42. The number of amides is 4. The fourth-order valence-corrected chi connectivity index (χ4v) is 8.35. The molecule has 2 aliphatic heterocycles. The molecule has 2 heterocycles. The number of nitrogens with zero attached hydrogens (tertiary/aromatic N) is 2. The SMILES string of the molecule is CCc1ccc(N2C(=O)C3CC=C4C(CC5C(=O)N(c6ccccc6)C(=O)C5(C)C4c4ccc(O)cc4Cl)C3C2=O)cc1. The quantitative estimate of drug-likeness (QED) is 0.293. The summed E-state index contributed by atoms with van der Waals surface area (Å²) < 4.78 is 0. The maximum Gasteiger partial charge on any atom is 0.241 e. The molecule has 0 radical (unpaired) electrons. The lowest BCUT2D eigenvalue weighted by Crippen LogP contribution is -2.49. The number of anilines is 2. The number of hydrogen-bond acceptors (Lipinski definition) is 5. The third-order valence-corrected chi connectivity index (χ3v) is 10.5. The van der Waals surface area contributed by atoms with E-state index in [1.54, 1.807) is 30.3 Å². The maximum atomic E-state index is 14.4. The van der Waals surface area contributed by atoms with Gasteiger partial charge >= 0.3 is 0 Å². The lowest BCUT2D eigenvalue weighted by Gasteiger charge is -2.49. The highest BCUT2D eigenvalue weighted by Crippen LogP contribution is 2.64. The van der Waals surface area contributed by atoms with Gasteiger partial charge in [0.15, 0.2) is 0 Å². The van der Waals surface area contributed by atoms with E-state index in [1.165, 1.54) is 21.9 Å². The molecule has 1 N–H and O–H groups in total. The van der Waals surface area contributed by atoms with E-state index in [0.29, 0.717) is 23.4 Å². The smallest absolute Gasteiger partial charge is 0.241 e. The summed E-state index contributed by atoms with van der Waals surface area (Å²) in [6, 6.07) is 21.0. The summed E-state index contributed by atoms with van der Waals surface area (Å²) in [5, 5.41) is 10.4. The van der Waals surface area contributed by atoms with Gasteiger partial charge in [-0.25, -0.2) is 4.90 Å². The minimum Gasteiger partial charge on any atom is -0.508 e. The van der Waals surface area contributed by atoms with Gasteiger partial charge in [0.1, 0.15) is 5.75 Å². The summed E-state index contributed by atoms with van der Waals surface area (Å²) in [6.45, 7) is 3.87. The zero-order valence-electron chi connectivity index (χ0n) is 23.9. The van der Waals surface area contributed by atoms with Crippen LogP contribution in [-0.4, -0.2) is 28.7 Å². The van der Waals surface area contributed by atoms with Gasteiger partial charge in [-0.2, -0.15) is 0 Å². The molecule has 6 unspecified atom stereocenters. The zero-order chi connectivity index (χ0) is 30.2. The van der Waals surface area contributed by atoms with Gasteiger partial charge in [-0.1, -0.05) is 66.6 Å². The van der Waals surface area contributed by atoms with Crippen LogP contribution in [0.3, 0.4) is 0 Å². The van der Waals surface area contributed by atoms with Crippen molar-refractivity contribution >= 4 is 46.6 Å². The number of para-hydroxylation sites is 1. The number of imide groups is 2. The van der Waals surface area contributed by atoms with Gasteiger partial charge in [-0.3, -0.25) is 24.1 Å². The Hall–Kier alpha value is -4.23. The van der Waals surface area contributed by atoms with Crippen LogP contribution in [0.4, 0.5) is 11.4 Å². The van der Waals surface area contributed by atoms with Crippen LogP contribution >= 0.6 is 11.6 Å². The molecule has 7 rings (SSSR count). The highest BCUT2D eigenvalue weighted by atomic mass is 35.5. The molecular formula is C35H31ClN2O5. The van der Waals surface area contributed by atoms with Crippen molar-refractivity contribution in [3.05, 3.63) is 101 Å². The minimum atomic E-state index is -1.19. The van der Waals surface area contributed by atoms with Gasteiger partial charge in [-0.15, -0.1) is 0 Å². The number of allylic oxidation sites excluding steroid dienone is 2. The molecule has 43 heavy (non-hydrogen) atoms. The third-order valence-electron chi connectivity index (χ3n) is 10.2. The molecule has 4 aliphatic rings. The van der Waals surface area contributed by atoms with Crippen molar-refractivity contribution in [2.45, 2.75) is 39.0 Å². The van der Waals surface area contributed by atoms with E-state index in [1.807, 2.05) is 50.3 Å². The first-order chi connectivity index (χ1) is 20.7. The van der Waals surface area contributed by atoms with E-state index in [9.17, 15) is 24.3 Å². The van der Waals surface area contributed by atoms with Crippen molar-refractivity contribution < 1.29 is 24.3 Å². The molecule has 4 amide bonds. The summed E-state index contributed by atoms with van der Waals surface area (Å²) in [5.74, 6) is -4.17. The molecule has 3 aromatic rings. The fraction of sp³-hybridized carbons (Fsp3) is 0.314. The van der Waals surface area contributed by atoms with Crippen LogP contribution in [0.25, 0.3) is 0 Å². The van der Waals surface area contributed by atoms with Crippen LogP contribution < -0.4 is 9.80 Å². The number of benzene rings is 3. The van der Waals surface area contributed by atoms with Crippen molar-refractivity contribution in [2.24, 2.45) is 29.1 Å². The van der Waals surface area contributed by atoms with Crippen molar-refractivity contribution in [3.63, 3.8) is 0 Å². The predicted molar refractivity (Wildman–Crippen MR) is 162 cm³/mol. The van der Waals surface area contributed by atoms with Gasteiger partial charge in [-0.05, 0) is 79.6 Å². The number of aryl methyl sites for hydroxylation is 1. The number of carbonyl (C=O) groups excluding carboxylic acids is 4. The van der Waals surface area contributed by atoms with Crippen LogP contribution in [0.15, 0.2) is 84.4 Å². The van der Waals surface area contributed by atoms with E-state index >= 15 is 0 Å². The van der Waals surface area contributed by atoms with Gasteiger partial charge in [0.05, 0.1) is 34.5 Å². The molecule has 0 aromatic heterocycles. The fourth-order valence-electron chi connectivity index (χ4n) is 8.07. The van der Waals surface area contributed by atoms with Crippen molar-refractivity contribution in [3.8, 4) is 5.75 Å². The number of hydrogen-bond donors (Lipinski definition) is 1. The number of phenols is 1. The second-order valence-electron chi connectivity index (χ2n) is 12.2. The molecule has 218 valence electrons. The Morgan fingerprint density at radius 3 is 2.23 bits per heavy atom. The topological polar surface area (TPSA) is 95.0 Å². The number of halogens is 1. The second-order valence-corrected chi connectivity index (χ2v) is 12.6. The molecule has 8 heteroatoms. The molecule has 3 aromatic carbocycles. The Bertz CT molecular complexity index is 1720. The first kappa shape index (κ1) is 27.6. The molecule has 2 saturated heterocycles. The molecule has 1 saturated carbocycles. The van der Waals surface area contributed by atoms with Gasteiger partial charge in [0.2, 0.25) is 23.6 Å². The van der Waals surface area contributed by atoms with E-state index in [2.05, 4.69) is 0 Å². The highest BCUT2D eigenvalue weighted by Gasteiger charge is 2.67. The van der Waals surface area contributed by atoms with Crippen molar-refractivity contribution in [1.82, 2.24) is 0 Å². The van der Waals surface area contributed by atoms with Crippen LogP contribution in [-0.2, 0) is 25.6 Å². The van der Waals surface area contributed by atoms with Gasteiger partial charge in [0.25, 0.3) is 0 Å². The maximum absolute atomic E-state index is 14.4. The van der Waals surface area contributed by atoms with Gasteiger partial charge in [0, 0.05) is 10.9 Å². The minimum absolute atomic E-state index is 0.0125. The number of aromatic hydroxyl groups is 1. The molecule has 2 aliphatic carbocycles. The predicted octanol–water partition coefficient (Wildman–Crippen LogP) is 6.04. The van der Waals surface area contributed by atoms with E-state index < -0.39 is 35.0 Å². The van der Waals surface area contributed by atoms with Crippen LogP contribution in [0.1, 0.15) is 43.7 Å². The summed E-state index contributed by atoms with van der Waals surface area (Å²) in [7, 11) is 0. The summed E-state index contributed by atoms with van der Waals surface area (Å²) >= 11 is 6.75. The highest BCUT2D eigenvalue weighted by molar-refractivity contribution is 6.32. The van der Waals surface area contributed by atoms with Gasteiger partial charge < -0.3 is 5.11 Å². The number of fused-ring (bicyclic) bond motifs is 4. The Morgan fingerprint density at radius 2 is 1.56 bits per heavy atom.